The van der Waals surface area contributed by atoms with Gasteiger partial charge in [0.25, 0.3) is 0 Å². The molecule has 154 valence electrons. The molecule has 2 N–H and O–H groups in total. The molecule has 0 radical (unpaired) electrons. The van der Waals surface area contributed by atoms with E-state index in [0.29, 0.717) is 18.3 Å². The van der Waals surface area contributed by atoms with Gasteiger partial charge in [-0.3, -0.25) is 9.59 Å². The second-order valence-corrected chi connectivity index (χ2v) is 10.7. The Kier molecular flexibility index (Phi) is 4.04. The summed E-state index contributed by atoms with van der Waals surface area (Å²) in [4.78, 5) is 26.5. The number of piperidine rings is 1. The van der Waals surface area contributed by atoms with Crippen LogP contribution < -0.4 is 5.32 Å². The number of aliphatic hydroxyl groups is 1. The van der Waals surface area contributed by atoms with Gasteiger partial charge < -0.3 is 15.3 Å². The Bertz CT molecular complexity index is 744. The lowest BCUT2D eigenvalue weighted by molar-refractivity contribution is -0.146. The van der Waals surface area contributed by atoms with E-state index in [0.717, 1.165) is 50.6 Å². The Labute approximate surface area is 167 Å². The summed E-state index contributed by atoms with van der Waals surface area (Å²) in [6, 6.07) is 0.190. The van der Waals surface area contributed by atoms with E-state index in [4.69, 9.17) is 0 Å². The smallest absolute Gasteiger partial charge is 0.226 e. The van der Waals surface area contributed by atoms with E-state index in [1.165, 1.54) is 0 Å². The molecule has 5 rings (SSSR count). The molecule has 1 saturated heterocycles. The molecule has 28 heavy (non-hydrogen) atoms. The molecule has 0 aromatic heterocycles. The van der Waals surface area contributed by atoms with Crippen LogP contribution in [0.5, 0.6) is 0 Å². The van der Waals surface area contributed by atoms with E-state index < -0.39 is 0 Å². The monoisotopic (exact) mass is 386 g/mol. The fraction of sp³-hybridized carbons (Fsp3) is 0.826. The van der Waals surface area contributed by atoms with Crippen LogP contribution in [0.3, 0.4) is 0 Å². The maximum Gasteiger partial charge on any atom is 0.226 e. The number of nitrogens with one attached hydrogen (secondary N) is 1. The predicted molar refractivity (Wildman–Crippen MR) is 106 cm³/mol. The molecular formula is C23H34N2O3. The molecule has 0 aromatic rings. The van der Waals surface area contributed by atoms with Crippen LogP contribution in [0.15, 0.2) is 11.8 Å². The highest BCUT2D eigenvalue weighted by Gasteiger charge is 2.62. The standard InChI is InChI=1S/C23H34N2O3/c1-22-11-10-19(27)25(3)18(22)9-6-14-15-7-8-17(24-21(28)13-4-5-13)23(15,2)12-16(26)20(14)22/h9,13-17,20,26H,4-8,10-12H2,1-3H3,(H,24,28)/t14?,15?,16-,17-,20?,22-,23-/m0/s1. The molecule has 7 atom stereocenters. The number of allylic oxidation sites excluding steroid dienone is 2. The summed E-state index contributed by atoms with van der Waals surface area (Å²) in [5, 5.41) is 14.8. The van der Waals surface area contributed by atoms with Crippen LogP contribution in [0.25, 0.3) is 0 Å². The van der Waals surface area contributed by atoms with Crippen molar-refractivity contribution in [3.05, 3.63) is 11.8 Å². The highest BCUT2D eigenvalue weighted by molar-refractivity contribution is 5.81. The van der Waals surface area contributed by atoms with Crippen LogP contribution in [-0.4, -0.2) is 41.0 Å². The fourth-order valence-corrected chi connectivity index (χ4v) is 7.59. The molecular weight excluding hydrogens is 352 g/mol. The minimum atomic E-state index is -0.375. The van der Waals surface area contributed by atoms with Crippen molar-refractivity contribution in [1.29, 1.82) is 0 Å². The van der Waals surface area contributed by atoms with Crippen molar-refractivity contribution in [2.45, 2.75) is 77.4 Å². The molecule has 1 heterocycles. The molecule has 5 heteroatoms. The van der Waals surface area contributed by atoms with Crippen LogP contribution in [0.4, 0.5) is 0 Å². The molecule has 5 nitrogen and oxygen atoms in total. The first-order valence-electron chi connectivity index (χ1n) is 11.2. The third kappa shape index (κ3) is 2.47. The van der Waals surface area contributed by atoms with Crippen LogP contribution in [0, 0.1) is 34.5 Å². The molecule has 3 unspecified atom stereocenters. The summed E-state index contributed by atoms with van der Waals surface area (Å²) >= 11 is 0. The van der Waals surface area contributed by atoms with Gasteiger partial charge in [0.2, 0.25) is 11.8 Å². The lowest BCUT2D eigenvalue weighted by atomic mass is 9.48. The Morgan fingerprint density at radius 2 is 2.00 bits per heavy atom. The molecule has 2 amide bonds. The highest BCUT2D eigenvalue weighted by atomic mass is 16.3. The van der Waals surface area contributed by atoms with E-state index in [-0.39, 0.29) is 46.6 Å². The zero-order valence-electron chi connectivity index (χ0n) is 17.4. The first-order chi connectivity index (χ1) is 13.3. The summed E-state index contributed by atoms with van der Waals surface area (Å²) in [7, 11) is 1.89. The van der Waals surface area contributed by atoms with Crippen LogP contribution in [0.1, 0.15) is 65.2 Å². The third-order valence-electron chi connectivity index (χ3n) is 9.21. The van der Waals surface area contributed by atoms with E-state index in [1.807, 2.05) is 11.9 Å². The minimum Gasteiger partial charge on any atom is -0.393 e. The first-order valence-corrected chi connectivity index (χ1v) is 11.2. The number of fused-ring (bicyclic) bond motifs is 5. The Morgan fingerprint density at radius 3 is 2.71 bits per heavy atom. The summed E-state index contributed by atoms with van der Waals surface area (Å²) < 4.78 is 0. The Morgan fingerprint density at radius 1 is 1.25 bits per heavy atom. The lowest BCUT2D eigenvalue weighted by Gasteiger charge is -2.60. The van der Waals surface area contributed by atoms with Crippen molar-refractivity contribution in [1.82, 2.24) is 10.2 Å². The molecule has 4 fully saturated rings. The Balaban J connectivity index is 1.45. The second kappa shape index (κ2) is 6.07. The van der Waals surface area contributed by atoms with Gasteiger partial charge in [-0.05, 0) is 68.1 Å². The predicted octanol–water partition coefficient (Wildman–Crippen LogP) is 2.84. The largest absolute Gasteiger partial charge is 0.393 e. The van der Waals surface area contributed by atoms with Gasteiger partial charge in [-0.2, -0.15) is 0 Å². The van der Waals surface area contributed by atoms with Gasteiger partial charge in [-0.25, -0.2) is 0 Å². The quantitative estimate of drug-likeness (QED) is 0.767. The summed E-state index contributed by atoms with van der Waals surface area (Å²) in [5.74, 6) is 1.84. The van der Waals surface area contributed by atoms with Gasteiger partial charge >= 0.3 is 0 Å². The zero-order valence-corrected chi connectivity index (χ0v) is 17.4. The minimum absolute atomic E-state index is 0.0246. The average molecular weight is 387 g/mol. The molecule has 1 aliphatic heterocycles. The van der Waals surface area contributed by atoms with Crippen molar-refractivity contribution in [3.8, 4) is 0 Å². The highest BCUT2D eigenvalue weighted by Crippen LogP contribution is 2.64. The zero-order chi connectivity index (χ0) is 19.8. The van der Waals surface area contributed by atoms with Crippen molar-refractivity contribution < 1.29 is 14.7 Å². The summed E-state index contributed by atoms with van der Waals surface area (Å²) in [6.07, 6.45) is 9.24. The maximum absolute atomic E-state index is 12.4. The number of nitrogens with zero attached hydrogens (tertiary/aromatic N) is 1. The van der Waals surface area contributed by atoms with Crippen LogP contribution >= 0.6 is 0 Å². The van der Waals surface area contributed by atoms with Crippen molar-refractivity contribution in [2.24, 2.45) is 34.5 Å². The number of likely N-dealkylation sites (tertiary alicyclic amines) is 1. The van der Waals surface area contributed by atoms with Gasteiger partial charge in [0.15, 0.2) is 0 Å². The van der Waals surface area contributed by atoms with E-state index in [2.05, 4.69) is 25.2 Å². The van der Waals surface area contributed by atoms with Crippen molar-refractivity contribution >= 4 is 11.8 Å². The van der Waals surface area contributed by atoms with Gasteiger partial charge in [-0.1, -0.05) is 19.9 Å². The normalized spacial score (nSPS) is 47.7. The maximum atomic E-state index is 12.4. The van der Waals surface area contributed by atoms with Crippen LogP contribution in [-0.2, 0) is 9.59 Å². The van der Waals surface area contributed by atoms with Gasteiger partial charge in [-0.15, -0.1) is 0 Å². The van der Waals surface area contributed by atoms with Gasteiger partial charge in [0.1, 0.15) is 0 Å². The van der Waals surface area contributed by atoms with Gasteiger partial charge in [0.05, 0.1) is 6.10 Å². The SMILES string of the molecule is CN1C(=O)CC[C@@]2(C)C1=CCC1C2[C@@H](O)C[C@@]2(C)C1CC[C@@H]2NC(=O)C1CC1. The fourth-order valence-electron chi connectivity index (χ4n) is 7.59. The topological polar surface area (TPSA) is 69.6 Å². The number of hydrogen-bond acceptors (Lipinski definition) is 3. The van der Waals surface area contributed by atoms with Crippen molar-refractivity contribution in [3.63, 3.8) is 0 Å². The molecule has 4 aliphatic carbocycles. The summed E-state index contributed by atoms with van der Waals surface area (Å²) in [5.41, 5.74) is 0.981. The molecule has 5 aliphatic rings. The third-order valence-corrected chi connectivity index (χ3v) is 9.21. The van der Waals surface area contributed by atoms with E-state index >= 15 is 0 Å². The number of amides is 2. The van der Waals surface area contributed by atoms with E-state index in [1.54, 1.807) is 0 Å². The number of aliphatic hydroxyl groups excluding tert-OH is 1. The number of rotatable bonds is 2. The molecule has 3 saturated carbocycles. The van der Waals surface area contributed by atoms with Crippen LogP contribution in [0.2, 0.25) is 0 Å². The average Bonchev–Trinajstić information content (AvgIpc) is 3.43. The van der Waals surface area contributed by atoms with Gasteiger partial charge in [0, 0.05) is 36.5 Å². The number of carbonyl (C=O) groups excluding carboxylic acids is 2. The number of carbonyl (C=O) groups is 2. The molecule has 0 spiro atoms. The second-order valence-electron chi connectivity index (χ2n) is 10.7. The molecule has 0 aromatic carbocycles. The number of hydrogen-bond donors (Lipinski definition) is 2. The molecule has 0 bridgehead atoms. The summed E-state index contributed by atoms with van der Waals surface area (Å²) in [6.45, 7) is 4.58. The van der Waals surface area contributed by atoms with E-state index in [9.17, 15) is 14.7 Å². The Hall–Kier alpha value is -1.36. The first kappa shape index (κ1) is 18.7. The lowest BCUT2D eigenvalue weighted by Crippen LogP contribution is -2.60. The van der Waals surface area contributed by atoms with Crippen molar-refractivity contribution in [2.75, 3.05) is 7.05 Å².